The Labute approximate surface area is 135 Å². The van der Waals surface area contributed by atoms with E-state index in [0.29, 0.717) is 16.1 Å². The highest BCUT2D eigenvalue weighted by Gasteiger charge is 2.47. The van der Waals surface area contributed by atoms with Crippen LogP contribution in [0.4, 0.5) is 0 Å². The van der Waals surface area contributed by atoms with Crippen LogP contribution in [0.2, 0.25) is 10.0 Å². The Morgan fingerprint density at radius 1 is 1.29 bits per heavy atom. The highest BCUT2D eigenvalue weighted by molar-refractivity contribution is 6.42. The lowest BCUT2D eigenvalue weighted by Crippen LogP contribution is -2.41. The van der Waals surface area contributed by atoms with Crippen LogP contribution in [0.25, 0.3) is 0 Å². The Kier molecular flexibility index (Phi) is 4.43. The van der Waals surface area contributed by atoms with Gasteiger partial charge in [0, 0.05) is 26.1 Å². The average Bonchev–Trinajstić information content (AvgIpc) is 3.30. The van der Waals surface area contributed by atoms with Gasteiger partial charge in [0.15, 0.2) is 0 Å². The fourth-order valence-electron chi connectivity index (χ4n) is 3.16. The van der Waals surface area contributed by atoms with E-state index in [1.54, 1.807) is 13.2 Å². The van der Waals surface area contributed by atoms with Gasteiger partial charge in [-0.1, -0.05) is 35.3 Å². The van der Waals surface area contributed by atoms with Gasteiger partial charge in [-0.05, 0) is 36.8 Å². The number of amides is 1. The molecule has 1 saturated heterocycles. The molecule has 3 rings (SSSR count). The zero-order valence-corrected chi connectivity index (χ0v) is 13.5. The van der Waals surface area contributed by atoms with E-state index in [2.05, 4.69) is 0 Å². The lowest BCUT2D eigenvalue weighted by molar-refractivity contribution is -0.135. The van der Waals surface area contributed by atoms with Gasteiger partial charge in [0.25, 0.3) is 0 Å². The second kappa shape index (κ2) is 6.15. The summed E-state index contributed by atoms with van der Waals surface area (Å²) < 4.78 is 5.34. The number of carbonyl (C=O) groups excluding carboxylic acids is 1. The van der Waals surface area contributed by atoms with E-state index < -0.39 is 0 Å². The van der Waals surface area contributed by atoms with Crippen molar-refractivity contribution in [1.29, 1.82) is 0 Å². The molecule has 2 atom stereocenters. The Morgan fingerprint density at radius 2 is 2.00 bits per heavy atom. The Balaban J connectivity index is 1.63. The lowest BCUT2D eigenvalue weighted by Gasteiger charge is -2.31. The van der Waals surface area contributed by atoms with E-state index in [0.717, 1.165) is 37.9 Å². The molecule has 1 saturated carbocycles. The maximum absolute atomic E-state index is 12.5. The highest BCUT2D eigenvalue weighted by atomic mass is 35.5. The first-order valence-corrected chi connectivity index (χ1v) is 8.13. The van der Waals surface area contributed by atoms with Crippen molar-refractivity contribution in [2.75, 3.05) is 20.2 Å². The second-order valence-corrected chi connectivity index (χ2v) is 6.64. The number of nitrogens with zero attached hydrogens (tertiary/aromatic N) is 1. The largest absolute Gasteiger partial charge is 0.381 e. The summed E-state index contributed by atoms with van der Waals surface area (Å²) in [7, 11) is 1.74. The minimum atomic E-state index is 0.0695. The number of piperidine rings is 1. The first kappa shape index (κ1) is 15.1. The van der Waals surface area contributed by atoms with Crippen molar-refractivity contribution in [3.05, 3.63) is 33.8 Å². The van der Waals surface area contributed by atoms with E-state index in [1.807, 2.05) is 17.0 Å². The predicted molar refractivity (Wildman–Crippen MR) is 83.9 cm³/mol. The van der Waals surface area contributed by atoms with Crippen LogP contribution in [0.5, 0.6) is 0 Å². The van der Waals surface area contributed by atoms with Crippen molar-refractivity contribution in [3.8, 4) is 0 Å². The summed E-state index contributed by atoms with van der Waals surface area (Å²) in [4.78, 5) is 14.5. The van der Waals surface area contributed by atoms with E-state index >= 15 is 0 Å². The minimum absolute atomic E-state index is 0.0695. The Hall–Kier alpha value is -0.770. The van der Waals surface area contributed by atoms with E-state index in [4.69, 9.17) is 27.9 Å². The van der Waals surface area contributed by atoms with Crippen LogP contribution in [-0.4, -0.2) is 37.1 Å². The summed E-state index contributed by atoms with van der Waals surface area (Å²) in [5, 5.41) is 1.16. The number of likely N-dealkylation sites (tertiary alicyclic amines) is 1. The molecule has 1 aliphatic heterocycles. The van der Waals surface area contributed by atoms with E-state index in [-0.39, 0.29) is 17.7 Å². The molecular weight excluding hydrogens is 309 g/mol. The molecule has 5 heteroatoms. The standard InChI is InChI=1S/C16H19Cl2NO2/c1-21-10-5-7-19(8-6-10)16(20)13-9-12(13)11-3-2-4-14(17)15(11)18/h2-4,10,12-13H,5-9H2,1H3/t12-,13+/m0/s1. The molecule has 1 aliphatic carbocycles. The molecule has 1 amide bonds. The van der Waals surface area contributed by atoms with Crippen LogP contribution in [0.15, 0.2) is 18.2 Å². The summed E-state index contributed by atoms with van der Waals surface area (Å²) in [6, 6.07) is 5.65. The molecule has 0 bridgehead atoms. The first-order valence-electron chi connectivity index (χ1n) is 7.37. The topological polar surface area (TPSA) is 29.5 Å². The zero-order valence-electron chi connectivity index (χ0n) is 12.0. The Morgan fingerprint density at radius 3 is 2.67 bits per heavy atom. The van der Waals surface area contributed by atoms with Crippen molar-refractivity contribution < 1.29 is 9.53 Å². The van der Waals surface area contributed by atoms with Crippen molar-refractivity contribution in [2.24, 2.45) is 5.92 Å². The normalized spacial score (nSPS) is 26.0. The molecule has 0 radical (unpaired) electrons. The molecule has 0 unspecified atom stereocenters. The van der Waals surface area contributed by atoms with Crippen LogP contribution in [0.3, 0.4) is 0 Å². The molecule has 1 heterocycles. The minimum Gasteiger partial charge on any atom is -0.381 e. The third-order valence-corrected chi connectivity index (χ3v) is 5.41. The predicted octanol–water partition coefficient (Wildman–Crippen LogP) is 3.73. The van der Waals surface area contributed by atoms with Crippen molar-refractivity contribution in [1.82, 2.24) is 4.90 Å². The van der Waals surface area contributed by atoms with Crippen LogP contribution < -0.4 is 0 Å². The highest BCUT2D eigenvalue weighted by Crippen LogP contribution is 2.51. The van der Waals surface area contributed by atoms with Crippen LogP contribution >= 0.6 is 23.2 Å². The van der Waals surface area contributed by atoms with E-state index in [1.165, 1.54) is 0 Å². The number of halogens is 2. The van der Waals surface area contributed by atoms with Crippen molar-refractivity contribution in [3.63, 3.8) is 0 Å². The molecule has 2 aliphatic rings. The second-order valence-electron chi connectivity index (χ2n) is 5.85. The monoisotopic (exact) mass is 327 g/mol. The van der Waals surface area contributed by atoms with Gasteiger partial charge in [-0.3, -0.25) is 4.79 Å². The van der Waals surface area contributed by atoms with Gasteiger partial charge in [0.2, 0.25) is 5.91 Å². The van der Waals surface area contributed by atoms with Crippen LogP contribution in [-0.2, 0) is 9.53 Å². The molecular formula is C16H19Cl2NO2. The summed E-state index contributed by atoms with van der Waals surface area (Å²) in [6.07, 6.45) is 3.03. The number of carbonyl (C=O) groups is 1. The molecule has 0 aromatic heterocycles. The van der Waals surface area contributed by atoms with Gasteiger partial charge in [-0.15, -0.1) is 0 Å². The first-order chi connectivity index (χ1) is 10.1. The fourth-order valence-corrected chi connectivity index (χ4v) is 3.61. The number of ether oxygens (including phenoxy) is 1. The molecule has 1 aromatic carbocycles. The van der Waals surface area contributed by atoms with Crippen LogP contribution in [0, 0.1) is 5.92 Å². The average molecular weight is 328 g/mol. The van der Waals surface area contributed by atoms with Gasteiger partial charge in [0.1, 0.15) is 0 Å². The fraction of sp³-hybridized carbons (Fsp3) is 0.562. The number of rotatable bonds is 3. The molecule has 2 fully saturated rings. The van der Waals surface area contributed by atoms with Crippen molar-refractivity contribution in [2.45, 2.75) is 31.3 Å². The van der Waals surface area contributed by atoms with Gasteiger partial charge < -0.3 is 9.64 Å². The third kappa shape index (κ3) is 3.05. The summed E-state index contributed by atoms with van der Waals surface area (Å²) in [5.74, 6) is 0.550. The van der Waals surface area contributed by atoms with Gasteiger partial charge in [0.05, 0.1) is 16.1 Å². The van der Waals surface area contributed by atoms with Gasteiger partial charge >= 0.3 is 0 Å². The number of hydrogen-bond donors (Lipinski definition) is 0. The summed E-state index contributed by atoms with van der Waals surface area (Å²) >= 11 is 12.3. The van der Waals surface area contributed by atoms with Crippen LogP contribution in [0.1, 0.15) is 30.7 Å². The van der Waals surface area contributed by atoms with Gasteiger partial charge in [-0.25, -0.2) is 0 Å². The molecule has 3 nitrogen and oxygen atoms in total. The molecule has 0 N–H and O–H groups in total. The quantitative estimate of drug-likeness (QED) is 0.846. The Bertz CT molecular complexity index is 541. The van der Waals surface area contributed by atoms with Gasteiger partial charge in [-0.2, -0.15) is 0 Å². The molecule has 1 aromatic rings. The van der Waals surface area contributed by atoms with Crippen molar-refractivity contribution >= 4 is 29.1 Å². The maximum Gasteiger partial charge on any atom is 0.226 e. The summed E-state index contributed by atoms with van der Waals surface area (Å²) in [5.41, 5.74) is 1.01. The zero-order chi connectivity index (χ0) is 15.0. The number of benzene rings is 1. The SMILES string of the molecule is COC1CCN(C(=O)[C@@H]2C[C@H]2c2cccc(Cl)c2Cl)CC1. The lowest BCUT2D eigenvalue weighted by atomic mass is 10.1. The number of hydrogen-bond acceptors (Lipinski definition) is 2. The maximum atomic E-state index is 12.5. The molecule has 114 valence electrons. The molecule has 0 spiro atoms. The smallest absolute Gasteiger partial charge is 0.226 e. The third-order valence-electron chi connectivity index (χ3n) is 4.58. The number of methoxy groups -OCH3 is 1. The molecule has 21 heavy (non-hydrogen) atoms. The summed E-state index contributed by atoms with van der Waals surface area (Å²) in [6.45, 7) is 1.59. The van der Waals surface area contributed by atoms with E-state index in [9.17, 15) is 4.79 Å².